The van der Waals surface area contributed by atoms with E-state index in [4.69, 9.17) is 9.40 Å². The Morgan fingerprint density at radius 1 is 0.850 bits per heavy atom. The summed E-state index contributed by atoms with van der Waals surface area (Å²) in [7, 11) is 0. The number of nitrogens with one attached hydrogen (secondary N) is 1. The molecule has 40 heavy (non-hydrogen) atoms. The molecule has 0 aliphatic rings. The van der Waals surface area contributed by atoms with Crippen molar-refractivity contribution in [3.63, 3.8) is 0 Å². The number of hydrogen-bond acceptors (Lipinski definition) is 6. The molecule has 0 fully saturated rings. The second kappa shape index (κ2) is 10.6. The Hall–Kier alpha value is -5.01. The normalized spacial score (nSPS) is 11.6. The molecule has 6 rings (SSSR count). The molecule has 0 spiro atoms. The van der Waals surface area contributed by atoms with Crippen LogP contribution >= 0.6 is 11.3 Å². The van der Waals surface area contributed by atoms with Crippen LogP contribution in [0.3, 0.4) is 0 Å². The third-order valence-corrected chi connectivity index (χ3v) is 7.38. The summed E-state index contributed by atoms with van der Waals surface area (Å²) < 4.78 is 6.02. The van der Waals surface area contributed by atoms with Crippen LogP contribution in [0.1, 0.15) is 20.8 Å². The summed E-state index contributed by atoms with van der Waals surface area (Å²) in [6, 6.07) is 32.6. The van der Waals surface area contributed by atoms with Crippen molar-refractivity contribution >= 4 is 39.0 Å². The molecule has 2 aromatic heterocycles. The molecule has 7 heteroatoms. The average Bonchev–Trinajstić information content (AvgIpc) is 3.32. The number of hydrogen-bond donors (Lipinski definition) is 2. The van der Waals surface area contributed by atoms with Crippen LogP contribution in [0.15, 0.2) is 113 Å². The summed E-state index contributed by atoms with van der Waals surface area (Å²) in [6.07, 6.45) is 0. The van der Waals surface area contributed by atoms with Crippen molar-refractivity contribution in [2.75, 3.05) is 5.32 Å². The highest BCUT2D eigenvalue weighted by Gasteiger charge is 2.17. The van der Waals surface area contributed by atoms with Gasteiger partial charge in [0.25, 0.3) is 5.91 Å². The number of benzene rings is 4. The summed E-state index contributed by atoms with van der Waals surface area (Å²) in [5, 5.41) is 14.0. The number of aromatic nitrogens is 1. The molecule has 6 nitrogen and oxygen atoms in total. The van der Waals surface area contributed by atoms with E-state index >= 15 is 0 Å². The molecular formula is C33H25N3O3S. The van der Waals surface area contributed by atoms with Gasteiger partial charge in [0.1, 0.15) is 16.9 Å². The predicted octanol–water partition coefficient (Wildman–Crippen LogP) is 8.03. The highest BCUT2D eigenvalue weighted by molar-refractivity contribution is 7.16. The van der Waals surface area contributed by atoms with Crippen LogP contribution < -0.4 is 10.9 Å². The van der Waals surface area contributed by atoms with Crippen molar-refractivity contribution in [2.45, 2.75) is 13.8 Å². The Kier molecular flexibility index (Phi) is 6.72. The predicted molar refractivity (Wildman–Crippen MR) is 160 cm³/mol. The number of nitrogens with zero attached hydrogens (tertiary/aromatic N) is 2. The molecule has 0 saturated carbocycles. The summed E-state index contributed by atoms with van der Waals surface area (Å²) in [4.78, 5) is 23.9. The first-order valence-electron chi connectivity index (χ1n) is 12.8. The average molecular weight is 544 g/mol. The van der Waals surface area contributed by atoms with Crippen LogP contribution in [0.5, 0.6) is 5.75 Å². The Morgan fingerprint density at radius 3 is 2.38 bits per heavy atom. The number of carbonyl (C=O) groups excluding carboxylic acids is 1. The van der Waals surface area contributed by atoms with E-state index in [0.717, 1.165) is 32.8 Å². The maximum atomic E-state index is 13.5. The lowest BCUT2D eigenvalue weighted by atomic mass is 10.0. The minimum atomic E-state index is -0.384. The second-order valence-corrected chi connectivity index (χ2v) is 10.7. The smallest absolute Gasteiger partial charge is 0.262 e. The van der Waals surface area contributed by atoms with Gasteiger partial charge in [0.15, 0.2) is 5.13 Å². The van der Waals surface area contributed by atoms with Gasteiger partial charge in [0.2, 0.25) is 5.55 Å². The van der Waals surface area contributed by atoms with Crippen molar-refractivity contribution in [3.8, 4) is 28.1 Å². The Balaban J connectivity index is 1.33. The summed E-state index contributed by atoms with van der Waals surface area (Å²) in [5.74, 6) is -0.317. The number of phenols is 1. The fraction of sp³-hybridized carbons (Fsp3) is 0.0606. The van der Waals surface area contributed by atoms with E-state index in [1.54, 1.807) is 18.2 Å². The largest absolute Gasteiger partial charge is 0.508 e. The monoisotopic (exact) mass is 543 g/mol. The van der Waals surface area contributed by atoms with Crippen molar-refractivity contribution in [1.29, 1.82) is 0 Å². The lowest BCUT2D eigenvalue weighted by Gasteiger charge is -2.06. The Bertz CT molecular complexity index is 1920. The maximum Gasteiger partial charge on any atom is 0.262 e. The van der Waals surface area contributed by atoms with Gasteiger partial charge in [-0.15, -0.1) is 11.3 Å². The van der Waals surface area contributed by atoms with Gasteiger partial charge in [-0.05, 0) is 60.9 Å². The van der Waals surface area contributed by atoms with Crippen LogP contribution in [0, 0.1) is 13.8 Å². The van der Waals surface area contributed by atoms with Crippen LogP contribution in [0.4, 0.5) is 10.8 Å². The SMILES string of the molecule is Cc1cccc(N=c2oc3cc(O)ccc3cc2C(=O)Nc2nc(-c3ccc(-c4ccccc4)cc3)c(C)s2)c1. The fourth-order valence-corrected chi connectivity index (χ4v) is 5.33. The van der Waals surface area contributed by atoms with Gasteiger partial charge in [0.05, 0.1) is 11.4 Å². The first-order chi connectivity index (χ1) is 19.4. The van der Waals surface area contributed by atoms with E-state index in [1.807, 2.05) is 68.4 Å². The van der Waals surface area contributed by atoms with E-state index < -0.39 is 0 Å². The zero-order valence-electron chi connectivity index (χ0n) is 21.9. The highest BCUT2D eigenvalue weighted by Crippen LogP contribution is 2.32. The summed E-state index contributed by atoms with van der Waals surface area (Å²) in [6.45, 7) is 3.96. The van der Waals surface area contributed by atoms with Gasteiger partial charge in [-0.25, -0.2) is 9.98 Å². The third-order valence-electron chi connectivity index (χ3n) is 6.49. The number of amides is 1. The zero-order chi connectivity index (χ0) is 27.6. The quantitative estimate of drug-likeness (QED) is 0.230. The Labute approximate surface area is 235 Å². The van der Waals surface area contributed by atoms with E-state index in [9.17, 15) is 9.90 Å². The molecule has 6 aromatic rings. The van der Waals surface area contributed by atoms with Gasteiger partial charge in [-0.3, -0.25) is 10.1 Å². The van der Waals surface area contributed by atoms with Gasteiger partial charge >= 0.3 is 0 Å². The zero-order valence-corrected chi connectivity index (χ0v) is 22.7. The number of anilines is 1. The molecule has 196 valence electrons. The lowest BCUT2D eigenvalue weighted by molar-refractivity contribution is 0.102. The van der Waals surface area contributed by atoms with Crippen molar-refractivity contribution in [3.05, 3.63) is 125 Å². The molecule has 4 aromatic carbocycles. The minimum Gasteiger partial charge on any atom is -0.508 e. The molecule has 0 unspecified atom stereocenters. The topological polar surface area (TPSA) is 87.7 Å². The molecule has 0 atom stereocenters. The third kappa shape index (κ3) is 5.28. The molecule has 0 aliphatic carbocycles. The van der Waals surface area contributed by atoms with Crippen molar-refractivity contribution < 1.29 is 14.3 Å². The van der Waals surface area contributed by atoms with Gasteiger partial charge in [-0.1, -0.05) is 66.7 Å². The fourth-order valence-electron chi connectivity index (χ4n) is 4.50. The van der Waals surface area contributed by atoms with Crippen LogP contribution in [-0.4, -0.2) is 16.0 Å². The van der Waals surface area contributed by atoms with Gasteiger partial charge in [0, 0.05) is 21.9 Å². The molecule has 0 radical (unpaired) electrons. The van der Waals surface area contributed by atoms with Crippen LogP contribution in [0.25, 0.3) is 33.4 Å². The first kappa shape index (κ1) is 25.3. The second-order valence-electron chi connectivity index (χ2n) is 9.46. The summed E-state index contributed by atoms with van der Waals surface area (Å²) in [5.41, 5.74) is 6.61. The highest BCUT2D eigenvalue weighted by atomic mass is 32.1. The number of rotatable bonds is 5. The Morgan fingerprint density at radius 2 is 1.60 bits per heavy atom. The van der Waals surface area contributed by atoms with Crippen LogP contribution in [0.2, 0.25) is 0 Å². The van der Waals surface area contributed by atoms with Crippen LogP contribution in [-0.2, 0) is 0 Å². The van der Waals surface area contributed by atoms with E-state index in [-0.39, 0.29) is 22.8 Å². The molecule has 0 bridgehead atoms. The first-order valence-corrected chi connectivity index (χ1v) is 13.6. The number of carbonyl (C=O) groups is 1. The molecule has 2 heterocycles. The van der Waals surface area contributed by atoms with Gasteiger partial charge in [-0.2, -0.15) is 0 Å². The number of fused-ring (bicyclic) bond motifs is 1. The maximum absolute atomic E-state index is 13.5. The molecule has 2 N–H and O–H groups in total. The van der Waals surface area contributed by atoms with E-state index in [0.29, 0.717) is 21.8 Å². The summed E-state index contributed by atoms with van der Waals surface area (Å²) >= 11 is 1.41. The number of phenolic OH excluding ortho intramolecular Hbond substituents is 1. The molecule has 0 aliphatic heterocycles. The number of aromatic hydroxyl groups is 1. The minimum absolute atomic E-state index is 0.0672. The van der Waals surface area contributed by atoms with Crippen molar-refractivity contribution in [2.24, 2.45) is 4.99 Å². The number of aryl methyl sites for hydroxylation is 2. The van der Waals surface area contributed by atoms with E-state index in [2.05, 4.69) is 34.6 Å². The van der Waals surface area contributed by atoms with Crippen molar-refractivity contribution in [1.82, 2.24) is 4.98 Å². The molecule has 1 amide bonds. The lowest BCUT2D eigenvalue weighted by Crippen LogP contribution is -2.21. The molecule has 0 saturated heterocycles. The standard InChI is InChI=1S/C33H25N3O3S/c1-20-7-6-10-26(17-20)34-32-28(18-25-15-16-27(37)19-29(25)39-32)31(38)36-33-35-30(21(2)40-33)24-13-11-23(12-14-24)22-8-4-3-5-9-22/h3-19,37H,1-2H3,(H,35,36,38). The van der Waals surface area contributed by atoms with Gasteiger partial charge < -0.3 is 9.52 Å². The van der Waals surface area contributed by atoms with E-state index in [1.165, 1.54) is 17.4 Å². The molecular weight excluding hydrogens is 518 g/mol. The number of thiazole rings is 1.